The first-order chi connectivity index (χ1) is 19.0. The van der Waals surface area contributed by atoms with Gasteiger partial charge in [0.1, 0.15) is 5.76 Å². The number of rotatable bonds is 5. The molecule has 42 heavy (non-hydrogen) atoms. The van der Waals surface area contributed by atoms with Crippen molar-refractivity contribution in [3.8, 4) is 22.4 Å². The van der Waals surface area contributed by atoms with Crippen LogP contribution in [-0.4, -0.2) is 15.9 Å². The third-order valence-corrected chi connectivity index (χ3v) is 6.83. The molecule has 0 unspecified atom stereocenters. The topological polar surface area (TPSA) is 50.2 Å². The van der Waals surface area contributed by atoms with Gasteiger partial charge < -0.3 is 5.11 Å². The van der Waals surface area contributed by atoms with Gasteiger partial charge in [0.2, 0.25) is 0 Å². The summed E-state index contributed by atoms with van der Waals surface area (Å²) in [5, 5.41) is 10.8. The summed E-state index contributed by atoms with van der Waals surface area (Å²) in [7, 11) is 0. The minimum absolute atomic E-state index is 0. The molecule has 0 amide bonds. The molecule has 0 saturated carbocycles. The van der Waals surface area contributed by atoms with Gasteiger partial charge in [-0.05, 0) is 46.9 Å². The molecule has 0 atom stereocenters. The molecule has 4 rings (SSSR count). The van der Waals surface area contributed by atoms with Crippen LogP contribution in [0.4, 0.5) is 0 Å². The molecule has 1 radical (unpaired) electrons. The van der Waals surface area contributed by atoms with Crippen LogP contribution in [0.1, 0.15) is 72.1 Å². The summed E-state index contributed by atoms with van der Waals surface area (Å²) in [4.78, 5) is 16.5. The maximum absolute atomic E-state index is 11.5. The molecule has 1 N–H and O–H groups in total. The quantitative estimate of drug-likeness (QED) is 0.126. The smallest absolute Gasteiger partial charge is 0.164 e. The van der Waals surface area contributed by atoms with Crippen LogP contribution in [0.3, 0.4) is 0 Å². The zero-order valence-electron chi connectivity index (χ0n) is 26.8. The Labute approximate surface area is 266 Å². The molecule has 225 valence electrons. The number of fused-ring (bicyclic) bond motifs is 1. The van der Waals surface area contributed by atoms with E-state index in [2.05, 4.69) is 100 Å². The summed E-state index contributed by atoms with van der Waals surface area (Å²) in [6.45, 7) is 19.9. The second-order valence-electron chi connectivity index (χ2n) is 13.5. The average molecular weight is 741 g/mol. The normalized spacial score (nSPS) is 12.0. The number of aromatic nitrogens is 1. The van der Waals surface area contributed by atoms with Crippen molar-refractivity contribution in [1.82, 2.24) is 4.98 Å². The molecule has 3 nitrogen and oxygen atoms in total. The van der Waals surface area contributed by atoms with Gasteiger partial charge in [0, 0.05) is 42.4 Å². The molecule has 4 heteroatoms. The van der Waals surface area contributed by atoms with E-state index in [1.54, 1.807) is 0 Å². The largest absolute Gasteiger partial charge is 0.512 e. The molecule has 0 aliphatic rings. The second-order valence-corrected chi connectivity index (χ2v) is 13.5. The predicted molar refractivity (Wildman–Crippen MR) is 174 cm³/mol. The van der Waals surface area contributed by atoms with Crippen molar-refractivity contribution in [3.63, 3.8) is 0 Å². The number of nitrogens with zero attached hydrogens (tertiary/aromatic N) is 1. The van der Waals surface area contributed by atoms with E-state index >= 15 is 0 Å². The zero-order valence-corrected chi connectivity index (χ0v) is 29.2. The minimum atomic E-state index is -0.417. The van der Waals surface area contributed by atoms with Crippen molar-refractivity contribution >= 4 is 16.7 Å². The number of carbonyl (C=O) groups is 1. The third kappa shape index (κ3) is 9.75. The molecule has 1 heterocycles. The number of allylic oxidation sites excluding steroid dienone is 2. The fourth-order valence-corrected chi connectivity index (χ4v) is 4.44. The van der Waals surface area contributed by atoms with Crippen LogP contribution in [0.15, 0.2) is 78.6 Å². The Morgan fingerprint density at radius 3 is 2.07 bits per heavy atom. The van der Waals surface area contributed by atoms with E-state index in [-0.39, 0.29) is 37.1 Å². The number of aliphatic hydroxyl groups is 1. The number of aliphatic hydroxyl groups excluding tert-OH is 1. The van der Waals surface area contributed by atoms with Crippen LogP contribution in [0.2, 0.25) is 0 Å². The number of ketones is 1. The fourth-order valence-electron chi connectivity index (χ4n) is 4.44. The van der Waals surface area contributed by atoms with Crippen molar-refractivity contribution in [2.24, 2.45) is 16.7 Å². The first-order valence-corrected chi connectivity index (χ1v) is 14.5. The van der Waals surface area contributed by atoms with E-state index in [9.17, 15) is 9.90 Å². The summed E-state index contributed by atoms with van der Waals surface area (Å²) in [5.74, 6) is 0.689. The number of aryl methyl sites for hydroxylation is 2. The van der Waals surface area contributed by atoms with E-state index in [4.69, 9.17) is 4.98 Å². The number of hydrogen-bond acceptors (Lipinski definition) is 3. The first-order valence-electron chi connectivity index (χ1n) is 14.5. The number of hydrogen-bond donors (Lipinski definition) is 1. The van der Waals surface area contributed by atoms with Crippen LogP contribution in [0.25, 0.3) is 33.3 Å². The Kier molecular flexibility index (Phi) is 12.0. The maximum Gasteiger partial charge on any atom is 0.164 e. The number of benzene rings is 3. The van der Waals surface area contributed by atoms with Crippen LogP contribution in [-0.2, 0) is 31.3 Å². The summed E-state index contributed by atoms with van der Waals surface area (Å²) >= 11 is 0. The van der Waals surface area contributed by atoms with Gasteiger partial charge in [-0.15, -0.1) is 34.9 Å². The van der Waals surface area contributed by atoms with Crippen LogP contribution in [0, 0.1) is 36.7 Å². The Bertz CT molecular complexity index is 1520. The average Bonchev–Trinajstić information content (AvgIpc) is 2.87. The second kappa shape index (κ2) is 14.4. The standard InChI is InChI=1S/C27H26N.C11H20O2.Ir/c1-18(2)12-23-17-27(24-14-19(3)13-20(4)15-24)28-26-11-10-22(16-25(23)26)21-8-6-5-7-9-21;1-10(2,3)8(12)7-9(13)11(4,5)6;/h5-11,13-14,16-18H,12H2,1-4H3;7,12H,1-6H3;/q-1;;. The molecule has 0 saturated heterocycles. The van der Waals surface area contributed by atoms with E-state index < -0.39 is 5.41 Å². The molecular formula is C38H46IrNO2-. The van der Waals surface area contributed by atoms with Crippen molar-refractivity contribution in [2.75, 3.05) is 0 Å². The van der Waals surface area contributed by atoms with Gasteiger partial charge in [0.25, 0.3) is 0 Å². The van der Waals surface area contributed by atoms with Crippen LogP contribution >= 0.6 is 0 Å². The molecule has 0 aliphatic carbocycles. The summed E-state index contributed by atoms with van der Waals surface area (Å²) < 4.78 is 0. The molecular weight excluding hydrogens is 695 g/mol. The van der Waals surface area contributed by atoms with E-state index in [0.717, 1.165) is 28.8 Å². The molecule has 0 spiro atoms. The van der Waals surface area contributed by atoms with Gasteiger partial charge >= 0.3 is 0 Å². The van der Waals surface area contributed by atoms with E-state index in [0.29, 0.717) is 5.92 Å². The van der Waals surface area contributed by atoms with E-state index in [1.165, 1.54) is 33.7 Å². The van der Waals surface area contributed by atoms with Gasteiger partial charge in [-0.1, -0.05) is 112 Å². The minimum Gasteiger partial charge on any atom is -0.512 e. The molecule has 4 aromatic rings. The Morgan fingerprint density at radius 1 is 0.881 bits per heavy atom. The van der Waals surface area contributed by atoms with Gasteiger partial charge in [0.15, 0.2) is 5.78 Å². The van der Waals surface area contributed by atoms with Crippen LogP contribution in [0.5, 0.6) is 0 Å². The first kappa shape index (κ1) is 35.1. The van der Waals surface area contributed by atoms with Crippen molar-refractivity contribution < 1.29 is 30.0 Å². The SMILES string of the molecule is CC(C)(C)C(=O)C=C(O)C(C)(C)C.Cc1[c-]c(-c2cc(CC(C)C)c3cc(-c4ccccc4)ccc3n2)cc(C)c1.[Ir]. The summed E-state index contributed by atoms with van der Waals surface area (Å²) in [6.07, 6.45) is 2.37. The molecule has 0 fully saturated rings. The summed E-state index contributed by atoms with van der Waals surface area (Å²) in [6, 6.07) is 27.3. The van der Waals surface area contributed by atoms with Gasteiger partial charge in [-0.25, -0.2) is 0 Å². The molecule has 0 aliphatic heterocycles. The van der Waals surface area contributed by atoms with E-state index in [1.807, 2.05) is 41.5 Å². The van der Waals surface area contributed by atoms with Crippen molar-refractivity contribution in [2.45, 2.75) is 75.7 Å². The molecule has 1 aromatic heterocycles. The predicted octanol–water partition coefficient (Wildman–Crippen LogP) is 10.3. The Hall–Kier alpha value is -3.07. The Balaban J connectivity index is 0.000000377. The third-order valence-electron chi connectivity index (χ3n) is 6.83. The molecule has 0 bridgehead atoms. The fraction of sp³-hybridized carbons (Fsp3) is 0.368. The monoisotopic (exact) mass is 741 g/mol. The maximum atomic E-state index is 11.5. The van der Waals surface area contributed by atoms with Gasteiger partial charge in [0.05, 0.1) is 5.52 Å². The summed E-state index contributed by atoms with van der Waals surface area (Å²) in [5.41, 5.74) is 8.64. The van der Waals surface area contributed by atoms with Gasteiger partial charge in [-0.2, -0.15) is 0 Å². The molecule has 3 aromatic carbocycles. The Morgan fingerprint density at radius 2 is 1.52 bits per heavy atom. The van der Waals surface area contributed by atoms with Crippen LogP contribution < -0.4 is 0 Å². The van der Waals surface area contributed by atoms with Gasteiger partial charge in [-0.3, -0.25) is 9.78 Å². The van der Waals surface area contributed by atoms with Crippen molar-refractivity contribution in [3.05, 3.63) is 101 Å². The van der Waals surface area contributed by atoms with Crippen molar-refractivity contribution in [1.29, 1.82) is 0 Å². The number of pyridine rings is 1. The zero-order chi connectivity index (χ0) is 30.5. The number of carbonyl (C=O) groups excluding carboxylic acids is 1.